The van der Waals surface area contributed by atoms with Gasteiger partial charge in [0.1, 0.15) is 5.82 Å². The van der Waals surface area contributed by atoms with Gasteiger partial charge in [-0.15, -0.1) is 0 Å². The van der Waals surface area contributed by atoms with Gasteiger partial charge in [0.15, 0.2) is 0 Å². The van der Waals surface area contributed by atoms with Crippen LogP contribution in [0.2, 0.25) is 0 Å². The molecule has 1 unspecified atom stereocenters. The average Bonchev–Trinajstić information content (AvgIpc) is 3.05. The van der Waals surface area contributed by atoms with Crippen LogP contribution in [0.4, 0.5) is 10.6 Å². The van der Waals surface area contributed by atoms with Crippen molar-refractivity contribution < 1.29 is 9.90 Å². The Morgan fingerprint density at radius 2 is 2.08 bits per heavy atom. The Morgan fingerprint density at radius 1 is 1.20 bits per heavy atom. The van der Waals surface area contributed by atoms with Crippen molar-refractivity contribution in [1.82, 2.24) is 19.5 Å². The van der Waals surface area contributed by atoms with Crippen molar-refractivity contribution in [2.75, 3.05) is 24.5 Å². The third kappa shape index (κ3) is 2.77. The van der Waals surface area contributed by atoms with Gasteiger partial charge in [0.2, 0.25) is 0 Å². The summed E-state index contributed by atoms with van der Waals surface area (Å²) in [6.07, 6.45) is 2.88. The largest absolute Gasteiger partial charge is 0.465 e. The van der Waals surface area contributed by atoms with Gasteiger partial charge in [0.25, 0.3) is 0 Å². The summed E-state index contributed by atoms with van der Waals surface area (Å²) >= 11 is 0. The highest BCUT2D eigenvalue weighted by Crippen LogP contribution is 2.25. The quantitative estimate of drug-likeness (QED) is 0.778. The lowest BCUT2D eigenvalue weighted by Crippen LogP contribution is -2.53. The first-order valence-electron chi connectivity index (χ1n) is 8.28. The summed E-state index contributed by atoms with van der Waals surface area (Å²) in [6, 6.07) is 11.8. The Hall–Kier alpha value is -3.09. The molecule has 0 bridgehead atoms. The maximum absolute atomic E-state index is 11.2. The summed E-state index contributed by atoms with van der Waals surface area (Å²) in [5.41, 5.74) is 2.86. The molecular formula is C18H19N5O2. The second kappa shape index (κ2) is 6.08. The van der Waals surface area contributed by atoms with Crippen LogP contribution in [0, 0.1) is 0 Å². The van der Waals surface area contributed by atoms with Gasteiger partial charge in [-0.2, -0.15) is 5.10 Å². The number of rotatable bonds is 2. The molecule has 3 aromatic rings. The number of fused-ring (bicyclic) bond motifs is 1. The van der Waals surface area contributed by atoms with E-state index in [0.29, 0.717) is 19.6 Å². The molecular weight excluding hydrogens is 318 g/mol. The highest BCUT2D eigenvalue weighted by atomic mass is 16.4. The van der Waals surface area contributed by atoms with Crippen molar-refractivity contribution in [2.24, 2.45) is 0 Å². The third-order valence-corrected chi connectivity index (χ3v) is 4.63. The predicted molar refractivity (Wildman–Crippen MR) is 94.8 cm³/mol. The minimum absolute atomic E-state index is 0.0614. The molecule has 1 amide bonds. The van der Waals surface area contributed by atoms with Crippen molar-refractivity contribution in [1.29, 1.82) is 0 Å². The van der Waals surface area contributed by atoms with E-state index in [1.165, 1.54) is 4.90 Å². The SMILES string of the molecule is CC1CN(c2cccc(-c3cnn4ccccc34)n2)CCN1C(=O)O. The maximum atomic E-state index is 11.2. The van der Waals surface area contributed by atoms with Crippen molar-refractivity contribution >= 4 is 17.4 Å². The molecule has 7 nitrogen and oxygen atoms in total. The second-order valence-electron chi connectivity index (χ2n) is 6.24. The van der Waals surface area contributed by atoms with Gasteiger partial charge >= 0.3 is 6.09 Å². The molecule has 1 saturated heterocycles. The zero-order valence-corrected chi connectivity index (χ0v) is 13.9. The van der Waals surface area contributed by atoms with Gasteiger partial charge in [-0.3, -0.25) is 0 Å². The van der Waals surface area contributed by atoms with E-state index >= 15 is 0 Å². The molecule has 0 saturated carbocycles. The molecule has 0 spiro atoms. The number of aromatic nitrogens is 3. The van der Waals surface area contributed by atoms with E-state index in [-0.39, 0.29) is 6.04 Å². The molecule has 1 atom stereocenters. The van der Waals surface area contributed by atoms with Crippen LogP contribution in [-0.2, 0) is 0 Å². The lowest BCUT2D eigenvalue weighted by molar-refractivity contribution is 0.122. The molecule has 7 heteroatoms. The highest BCUT2D eigenvalue weighted by molar-refractivity contribution is 5.78. The predicted octanol–water partition coefficient (Wildman–Crippen LogP) is 2.58. The first-order valence-corrected chi connectivity index (χ1v) is 8.28. The standard InChI is InChI=1S/C18H19N5O2/c1-13-12-21(9-10-22(13)18(24)25)17-7-4-5-15(20-17)14-11-19-23-8-3-2-6-16(14)23/h2-8,11,13H,9-10,12H2,1H3,(H,24,25). The van der Waals surface area contributed by atoms with Crippen molar-refractivity contribution in [3.63, 3.8) is 0 Å². The van der Waals surface area contributed by atoms with E-state index in [0.717, 1.165) is 22.6 Å². The molecule has 0 radical (unpaired) electrons. The molecule has 4 rings (SSSR count). The smallest absolute Gasteiger partial charge is 0.407 e. The Balaban J connectivity index is 1.63. The van der Waals surface area contributed by atoms with Crippen molar-refractivity contribution in [2.45, 2.75) is 13.0 Å². The van der Waals surface area contributed by atoms with Gasteiger partial charge in [0.05, 0.1) is 17.4 Å². The molecule has 3 aromatic heterocycles. The maximum Gasteiger partial charge on any atom is 0.407 e. The summed E-state index contributed by atoms with van der Waals surface area (Å²) in [6.45, 7) is 3.69. The van der Waals surface area contributed by atoms with Gasteiger partial charge in [0, 0.05) is 37.4 Å². The minimum Gasteiger partial charge on any atom is -0.465 e. The minimum atomic E-state index is -0.861. The number of nitrogens with zero attached hydrogens (tertiary/aromatic N) is 5. The molecule has 0 aliphatic carbocycles. The van der Waals surface area contributed by atoms with Crippen LogP contribution in [0.25, 0.3) is 16.8 Å². The molecule has 1 aliphatic rings. The van der Waals surface area contributed by atoms with E-state index in [9.17, 15) is 9.90 Å². The van der Waals surface area contributed by atoms with Crippen LogP contribution in [-0.4, -0.2) is 56.4 Å². The molecule has 128 valence electrons. The van der Waals surface area contributed by atoms with E-state index in [4.69, 9.17) is 4.98 Å². The number of anilines is 1. The topological polar surface area (TPSA) is 74.0 Å². The fraction of sp³-hybridized carbons (Fsp3) is 0.278. The monoisotopic (exact) mass is 337 g/mol. The first-order chi connectivity index (χ1) is 12.1. The lowest BCUT2D eigenvalue weighted by Gasteiger charge is -2.38. The van der Waals surface area contributed by atoms with Gasteiger partial charge in [-0.1, -0.05) is 12.1 Å². The zero-order valence-electron chi connectivity index (χ0n) is 13.9. The van der Waals surface area contributed by atoms with Crippen molar-refractivity contribution in [3.8, 4) is 11.3 Å². The van der Waals surface area contributed by atoms with E-state index in [1.54, 1.807) is 0 Å². The number of carboxylic acid groups (broad SMARTS) is 1. The summed E-state index contributed by atoms with van der Waals surface area (Å²) in [5.74, 6) is 0.865. The summed E-state index contributed by atoms with van der Waals surface area (Å²) in [7, 11) is 0. The third-order valence-electron chi connectivity index (χ3n) is 4.63. The number of carbonyl (C=O) groups is 1. The molecule has 0 aromatic carbocycles. The number of hydrogen-bond acceptors (Lipinski definition) is 4. The van der Waals surface area contributed by atoms with Crippen LogP contribution in [0.1, 0.15) is 6.92 Å². The summed E-state index contributed by atoms with van der Waals surface area (Å²) in [4.78, 5) is 19.6. The number of hydrogen-bond donors (Lipinski definition) is 1. The number of pyridine rings is 2. The van der Waals surface area contributed by atoms with Crippen molar-refractivity contribution in [3.05, 3.63) is 48.8 Å². The molecule has 25 heavy (non-hydrogen) atoms. The van der Waals surface area contributed by atoms with E-state index in [1.807, 2.05) is 60.2 Å². The summed E-state index contributed by atoms with van der Waals surface area (Å²) in [5, 5.41) is 13.6. The Morgan fingerprint density at radius 3 is 2.88 bits per heavy atom. The number of amides is 1. The fourth-order valence-corrected chi connectivity index (χ4v) is 3.33. The fourth-order valence-electron chi connectivity index (χ4n) is 3.33. The Labute approximate surface area is 145 Å². The average molecular weight is 337 g/mol. The highest BCUT2D eigenvalue weighted by Gasteiger charge is 2.27. The molecule has 1 fully saturated rings. The van der Waals surface area contributed by atoms with Crippen LogP contribution >= 0.6 is 0 Å². The normalized spacial score (nSPS) is 17.9. The Kier molecular flexibility index (Phi) is 3.76. The first kappa shape index (κ1) is 15.4. The van der Waals surface area contributed by atoms with Gasteiger partial charge < -0.3 is 14.9 Å². The molecule has 1 N–H and O–H groups in total. The van der Waals surface area contributed by atoms with Crippen LogP contribution in [0.5, 0.6) is 0 Å². The van der Waals surface area contributed by atoms with Crippen LogP contribution < -0.4 is 4.90 Å². The van der Waals surface area contributed by atoms with Crippen LogP contribution in [0.15, 0.2) is 48.8 Å². The lowest BCUT2D eigenvalue weighted by atomic mass is 10.1. The zero-order chi connectivity index (χ0) is 17.4. The molecule has 1 aliphatic heterocycles. The van der Waals surface area contributed by atoms with Gasteiger partial charge in [-0.05, 0) is 31.2 Å². The second-order valence-corrected chi connectivity index (χ2v) is 6.24. The van der Waals surface area contributed by atoms with E-state index in [2.05, 4.69) is 10.00 Å². The molecule has 4 heterocycles. The Bertz CT molecular complexity index is 922. The number of piperazine rings is 1. The van der Waals surface area contributed by atoms with Gasteiger partial charge in [-0.25, -0.2) is 14.3 Å². The van der Waals surface area contributed by atoms with Crippen LogP contribution in [0.3, 0.4) is 0 Å². The van der Waals surface area contributed by atoms with E-state index < -0.39 is 6.09 Å². The summed E-state index contributed by atoms with van der Waals surface area (Å²) < 4.78 is 1.83.